The quantitative estimate of drug-likeness (QED) is 0.819. The number of hydrogen-bond acceptors (Lipinski definition) is 3. The molecule has 0 saturated heterocycles. The van der Waals surface area contributed by atoms with Crippen molar-refractivity contribution in [3.63, 3.8) is 0 Å². The SMILES string of the molecule is C#CC(C)NS(=O)(=O)c1cc(C(=O)O)ccc1Cl. The average Bonchev–Trinajstić information content (AvgIpc) is 2.28. The van der Waals surface area contributed by atoms with E-state index < -0.39 is 22.0 Å². The van der Waals surface area contributed by atoms with E-state index in [4.69, 9.17) is 23.1 Å². The number of sulfonamides is 1. The largest absolute Gasteiger partial charge is 0.478 e. The first-order valence-corrected chi connectivity index (χ1v) is 6.65. The second kappa shape index (κ2) is 5.40. The first kappa shape index (κ1) is 14.5. The Hall–Kier alpha value is -1.55. The van der Waals surface area contributed by atoms with Crippen molar-refractivity contribution in [2.45, 2.75) is 17.9 Å². The van der Waals surface area contributed by atoms with Gasteiger partial charge in [0.15, 0.2) is 0 Å². The molecule has 1 aromatic carbocycles. The van der Waals surface area contributed by atoms with Crippen molar-refractivity contribution in [1.29, 1.82) is 0 Å². The van der Waals surface area contributed by atoms with E-state index in [1.165, 1.54) is 19.1 Å². The molecule has 1 atom stereocenters. The molecular formula is C11H10ClNO4S. The lowest BCUT2D eigenvalue weighted by molar-refractivity contribution is 0.0696. The minimum Gasteiger partial charge on any atom is -0.478 e. The van der Waals surface area contributed by atoms with Gasteiger partial charge in [-0.05, 0) is 25.1 Å². The van der Waals surface area contributed by atoms with Crippen LogP contribution in [-0.2, 0) is 10.0 Å². The van der Waals surface area contributed by atoms with E-state index in [1.807, 2.05) is 0 Å². The molecule has 7 heteroatoms. The molecule has 18 heavy (non-hydrogen) atoms. The smallest absolute Gasteiger partial charge is 0.335 e. The van der Waals surface area contributed by atoms with Crippen LogP contribution in [0, 0.1) is 12.3 Å². The minimum atomic E-state index is -3.95. The van der Waals surface area contributed by atoms with Crippen molar-refractivity contribution in [3.05, 3.63) is 28.8 Å². The van der Waals surface area contributed by atoms with Crippen molar-refractivity contribution in [3.8, 4) is 12.3 Å². The minimum absolute atomic E-state index is 0.0725. The summed E-state index contributed by atoms with van der Waals surface area (Å²) in [4.78, 5) is 10.5. The van der Waals surface area contributed by atoms with E-state index in [2.05, 4.69) is 10.6 Å². The monoisotopic (exact) mass is 287 g/mol. The van der Waals surface area contributed by atoms with Gasteiger partial charge in [-0.1, -0.05) is 17.5 Å². The second-order valence-corrected chi connectivity index (χ2v) is 5.55. The number of carboxylic acids is 1. The van der Waals surface area contributed by atoms with Crippen LogP contribution in [-0.4, -0.2) is 25.5 Å². The van der Waals surface area contributed by atoms with Gasteiger partial charge in [0.05, 0.1) is 16.6 Å². The zero-order chi connectivity index (χ0) is 13.9. The van der Waals surface area contributed by atoms with Crippen LogP contribution in [0.3, 0.4) is 0 Å². The Morgan fingerprint density at radius 1 is 1.56 bits per heavy atom. The van der Waals surface area contributed by atoms with E-state index >= 15 is 0 Å². The van der Waals surface area contributed by atoms with Crippen molar-refractivity contribution in [1.82, 2.24) is 4.72 Å². The Morgan fingerprint density at radius 3 is 2.67 bits per heavy atom. The summed E-state index contributed by atoms with van der Waals surface area (Å²) in [6, 6.07) is 2.68. The predicted octanol–water partition coefficient (Wildman–Crippen LogP) is 1.34. The maximum Gasteiger partial charge on any atom is 0.335 e. The van der Waals surface area contributed by atoms with Gasteiger partial charge in [-0.25, -0.2) is 13.2 Å². The van der Waals surface area contributed by atoms with Crippen molar-refractivity contribution in [2.75, 3.05) is 0 Å². The van der Waals surface area contributed by atoms with Gasteiger partial charge in [0.1, 0.15) is 4.90 Å². The highest BCUT2D eigenvalue weighted by molar-refractivity contribution is 7.89. The highest BCUT2D eigenvalue weighted by Crippen LogP contribution is 2.22. The van der Waals surface area contributed by atoms with Crippen molar-refractivity contribution >= 4 is 27.6 Å². The van der Waals surface area contributed by atoms with Crippen LogP contribution in [0.4, 0.5) is 0 Å². The van der Waals surface area contributed by atoms with Crippen LogP contribution >= 0.6 is 11.6 Å². The molecule has 2 N–H and O–H groups in total. The highest BCUT2D eigenvalue weighted by Gasteiger charge is 2.21. The summed E-state index contributed by atoms with van der Waals surface area (Å²) in [5, 5.41) is 8.73. The summed E-state index contributed by atoms with van der Waals surface area (Å²) in [5.74, 6) is 0.955. The fraction of sp³-hybridized carbons (Fsp3) is 0.182. The fourth-order valence-corrected chi connectivity index (χ4v) is 2.86. The fourth-order valence-electron chi connectivity index (χ4n) is 1.17. The lowest BCUT2D eigenvalue weighted by Crippen LogP contribution is -2.31. The second-order valence-electron chi connectivity index (χ2n) is 3.46. The molecule has 5 nitrogen and oxygen atoms in total. The summed E-state index contributed by atoms with van der Waals surface area (Å²) in [6.07, 6.45) is 5.07. The molecule has 0 spiro atoms. The molecule has 0 fully saturated rings. The number of terminal acetylenes is 1. The molecule has 0 bridgehead atoms. The summed E-state index contributed by atoms with van der Waals surface area (Å²) in [5.41, 5.74) is -0.173. The third-order valence-electron chi connectivity index (χ3n) is 2.05. The molecule has 0 heterocycles. The van der Waals surface area contributed by atoms with Gasteiger partial charge < -0.3 is 5.11 Å². The first-order valence-electron chi connectivity index (χ1n) is 4.79. The maximum absolute atomic E-state index is 11.9. The number of carbonyl (C=O) groups is 1. The molecule has 0 aliphatic rings. The standard InChI is InChI=1S/C11H10ClNO4S/c1-3-7(2)13-18(16,17)10-6-8(11(14)15)4-5-9(10)12/h1,4-7,13H,2H3,(H,14,15). The number of halogens is 1. The Balaban J connectivity index is 3.28. The molecule has 0 radical (unpaired) electrons. The lowest BCUT2D eigenvalue weighted by Gasteiger charge is -2.10. The van der Waals surface area contributed by atoms with Crippen LogP contribution in [0.1, 0.15) is 17.3 Å². The number of carboxylic acid groups (broad SMARTS) is 1. The zero-order valence-electron chi connectivity index (χ0n) is 9.34. The van der Waals surface area contributed by atoms with Crippen LogP contribution in [0.25, 0.3) is 0 Å². The molecule has 96 valence electrons. The van der Waals surface area contributed by atoms with Gasteiger partial charge in [0, 0.05) is 0 Å². The molecule has 0 amide bonds. The van der Waals surface area contributed by atoms with Crippen LogP contribution in [0.15, 0.2) is 23.1 Å². The summed E-state index contributed by atoms with van der Waals surface area (Å²) >= 11 is 5.75. The highest BCUT2D eigenvalue weighted by atomic mass is 35.5. The van der Waals surface area contributed by atoms with Gasteiger partial charge >= 0.3 is 5.97 Å². The molecule has 1 unspecified atom stereocenters. The average molecular weight is 288 g/mol. The molecule has 0 aromatic heterocycles. The number of nitrogens with one attached hydrogen (secondary N) is 1. The number of hydrogen-bond donors (Lipinski definition) is 2. The molecule has 1 rings (SSSR count). The summed E-state index contributed by atoms with van der Waals surface area (Å²) < 4.78 is 26.0. The van der Waals surface area contributed by atoms with E-state index in [1.54, 1.807) is 0 Å². The maximum atomic E-state index is 11.9. The normalized spacial score (nSPS) is 12.7. The Kier molecular flexibility index (Phi) is 4.35. The topological polar surface area (TPSA) is 83.5 Å². The third-order valence-corrected chi connectivity index (χ3v) is 4.07. The van der Waals surface area contributed by atoms with Crippen LogP contribution in [0.5, 0.6) is 0 Å². The summed E-state index contributed by atoms with van der Waals surface area (Å²) in [7, 11) is -3.95. The molecule has 0 aliphatic heterocycles. The Labute approximate surface area is 110 Å². The predicted molar refractivity (Wildman–Crippen MR) is 67.0 cm³/mol. The van der Waals surface area contributed by atoms with Gasteiger partial charge in [0.2, 0.25) is 10.0 Å². The first-order chi connectivity index (χ1) is 8.27. The zero-order valence-corrected chi connectivity index (χ0v) is 10.9. The van der Waals surface area contributed by atoms with Gasteiger partial charge in [0.25, 0.3) is 0 Å². The van der Waals surface area contributed by atoms with Crippen molar-refractivity contribution in [2.24, 2.45) is 0 Å². The third kappa shape index (κ3) is 3.23. The van der Waals surface area contributed by atoms with Crippen LogP contribution in [0.2, 0.25) is 5.02 Å². The Morgan fingerprint density at radius 2 is 2.17 bits per heavy atom. The van der Waals surface area contributed by atoms with Crippen molar-refractivity contribution < 1.29 is 18.3 Å². The molecule has 0 aliphatic carbocycles. The van der Waals surface area contributed by atoms with Gasteiger partial charge in [-0.2, -0.15) is 4.72 Å². The Bertz CT molecular complexity index is 618. The lowest BCUT2D eigenvalue weighted by atomic mass is 10.2. The summed E-state index contributed by atoms with van der Waals surface area (Å²) in [6.45, 7) is 1.48. The van der Waals surface area contributed by atoms with E-state index in [0.717, 1.165) is 6.07 Å². The van der Waals surface area contributed by atoms with Gasteiger partial charge in [-0.3, -0.25) is 0 Å². The van der Waals surface area contributed by atoms with Gasteiger partial charge in [-0.15, -0.1) is 6.42 Å². The van der Waals surface area contributed by atoms with E-state index in [-0.39, 0.29) is 15.5 Å². The number of aromatic carboxylic acids is 1. The van der Waals surface area contributed by atoms with E-state index in [9.17, 15) is 13.2 Å². The van der Waals surface area contributed by atoms with Crippen LogP contribution < -0.4 is 4.72 Å². The number of rotatable bonds is 4. The molecule has 1 aromatic rings. The molecule has 0 saturated carbocycles. The molecular weight excluding hydrogens is 278 g/mol. The number of benzene rings is 1. The van der Waals surface area contributed by atoms with E-state index in [0.29, 0.717) is 0 Å².